The number of aromatic nitrogens is 4. The summed E-state index contributed by atoms with van der Waals surface area (Å²) in [6.07, 6.45) is 7.83. The molecule has 9 nitrogen and oxygen atoms in total. The average molecular weight is 521 g/mol. The molecule has 2 saturated carbocycles. The van der Waals surface area contributed by atoms with Gasteiger partial charge in [0.15, 0.2) is 0 Å². The lowest BCUT2D eigenvalue weighted by Crippen LogP contribution is -2.50. The average Bonchev–Trinajstić information content (AvgIpc) is 3.84. The number of nitrogens with one attached hydrogen (secondary N) is 2. The van der Waals surface area contributed by atoms with Crippen LogP contribution in [-0.2, 0) is 11.3 Å². The van der Waals surface area contributed by atoms with Crippen LogP contribution < -0.4 is 10.6 Å². The smallest absolute Gasteiger partial charge is 0.270 e. The summed E-state index contributed by atoms with van der Waals surface area (Å²) in [4.78, 5) is 35.2. The molecule has 2 amide bonds. The zero-order chi connectivity index (χ0) is 26.8. The van der Waals surface area contributed by atoms with Crippen LogP contribution in [0.2, 0.25) is 0 Å². The first-order chi connectivity index (χ1) is 18.4. The van der Waals surface area contributed by atoms with Gasteiger partial charge in [-0.05, 0) is 93.5 Å². The molecule has 0 aliphatic heterocycles. The summed E-state index contributed by atoms with van der Waals surface area (Å²) < 4.78 is 16.6. The Morgan fingerprint density at radius 1 is 1.13 bits per heavy atom. The third kappa shape index (κ3) is 5.75. The molecule has 0 saturated heterocycles. The lowest BCUT2D eigenvalue weighted by atomic mass is 9.88. The second-order valence-corrected chi connectivity index (χ2v) is 10.4. The Morgan fingerprint density at radius 3 is 2.53 bits per heavy atom. The van der Waals surface area contributed by atoms with Crippen LogP contribution in [0.3, 0.4) is 0 Å². The Hall–Kier alpha value is -3.66. The second kappa shape index (κ2) is 11.0. The second-order valence-electron chi connectivity index (χ2n) is 10.4. The van der Waals surface area contributed by atoms with Crippen LogP contribution in [0.25, 0.3) is 11.1 Å². The minimum atomic E-state index is -0.781. The number of carbonyl (C=O) groups excluding carboxylic acids is 2. The maximum Gasteiger partial charge on any atom is 0.270 e. The molecule has 0 unspecified atom stereocenters. The normalized spacial score (nSPS) is 15.9. The first-order valence-electron chi connectivity index (χ1n) is 13.2. The topological polar surface area (TPSA) is 122 Å². The number of pyridine rings is 2. The fraction of sp³-hybridized carbons (Fsp3) is 0.464. The summed E-state index contributed by atoms with van der Waals surface area (Å²) in [6, 6.07) is 5.84. The number of aryl methyl sites for hydroxylation is 3. The Kier molecular flexibility index (Phi) is 7.51. The molecule has 2 aliphatic carbocycles. The van der Waals surface area contributed by atoms with Crippen molar-refractivity contribution in [2.75, 3.05) is 11.9 Å². The van der Waals surface area contributed by atoms with E-state index < -0.39 is 23.8 Å². The molecule has 200 valence electrons. The van der Waals surface area contributed by atoms with Gasteiger partial charge in [-0.15, -0.1) is 0 Å². The van der Waals surface area contributed by atoms with Crippen molar-refractivity contribution in [3.05, 3.63) is 59.6 Å². The Labute approximate surface area is 220 Å². The van der Waals surface area contributed by atoms with Crippen LogP contribution in [0, 0.1) is 37.5 Å². The lowest BCUT2D eigenvalue weighted by molar-refractivity contribution is -0.119. The quantitative estimate of drug-likeness (QED) is 0.332. The number of hydrogen-bond donors (Lipinski definition) is 3. The Morgan fingerprint density at radius 2 is 1.87 bits per heavy atom. The fourth-order valence-corrected chi connectivity index (χ4v) is 5.19. The van der Waals surface area contributed by atoms with E-state index in [2.05, 4.69) is 25.7 Å². The molecule has 0 spiro atoms. The number of amides is 2. The third-order valence-corrected chi connectivity index (χ3v) is 7.38. The molecule has 5 rings (SSSR count). The summed E-state index contributed by atoms with van der Waals surface area (Å²) in [5, 5.41) is 19.1. The molecule has 0 radical (unpaired) electrons. The standard InChI is InChI=1S/C28H33FN6O3/c1-16-14-21(17(2)30-15-16)20-8-9-23(32-26(20)29)33-28(38)25(24(18-4-5-18)19-6-7-19)34-27(37)22-10-11-31-35(22)12-3-13-36/h8-11,14-15,18-19,24-25,36H,3-7,12-13H2,1-2H3,(H,34,37)(H,32,33,38)/t25-/m0/s1. The van der Waals surface area contributed by atoms with Crippen molar-refractivity contribution in [3.63, 3.8) is 0 Å². The van der Waals surface area contributed by atoms with Crippen LogP contribution in [0.4, 0.5) is 10.2 Å². The molecule has 2 aliphatic rings. The zero-order valence-corrected chi connectivity index (χ0v) is 21.7. The number of aliphatic hydroxyl groups excluding tert-OH is 1. The molecule has 0 aromatic carbocycles. The van der Waals surface area contributed by atoms with Crippen molar-refractivity contribution in [3.8, 4) is 11.1 Å². The van der Waals surface area contributed by atoms with Gasteiger partial charge in [-0.25, -0.2) is 4.98 Å². The molecule has 38 heavy (non-hydrogen) atoms. The predicted molar refractivity (Wildman–Crippen MR) is 140 cm³/mol. The summed E-state index contributed by atoms with van der Waals surface area (Å²) >= 11 is 0. The van der Waals surface area contributed by atoms with E-state index in [1.165, 1.54) is 10.9 Å². The van der Waals surface area contributed by atoms with Crippen LogP contribution >= 0.6 is 0 Å². The molecule has 2 fully saturated rings. The number of halogens is 1. The van der Waals surface area contributed by atoms with E-state index in [0.717, 1.165) is 31.2 Å². The van der Waals surface area contributed by atoms with Crippen molar-refractivity contribution >= 4 is 17.6 Å². The van der Waals surface area contributed by atoms with Gasteiger partial charge in [0, 0.05) is 42.4 Å². The van der Waals surface area contributed by atoms with E-state index >= 15 is 4.39 Å². The van der Waals surface area contributed by atoms with E-state index in [1.807, 2.05) is 19.9 Å². The van der Waals surface area contributed by atoms with Gasteiger partial charge in [0.1, 0.15) is 17.6 Å². The summed E-state index contributed by atoms with van der Waals surface area (Å²) in [5.41, 5.74) is 2.89. The molecular weight excluding hydrogens is 487 g/mol. The highest BCUT2D eigenvalue weighted by atomic mass is 19.1. The van der Waals surface area contributed by atoms with Crippen molar-refractivity contribution in [1.82, 2.24) is 25.1 Å². The van der Waals surface area contributed by atoms with Gasteiger partial charge in [-0.2, -0.15) is 9.49 Å². The van der Waals surface area contributed by atoms with Crippen molar-refractivity contribution < 1.29 is 19.1 Å². The monoisotopic (exact) mass is 520 g/mol. The highest BCUT2D eigenvalue weighted by molar-refractivity contribution is 6.00. The number of rotatable bonds is 11. The van der Waals surface area contributed by atoms with Crippen LogP contribution in [-0.4, -0.2) is 49.3 Å². The summed E-state index contributed by atoms with van der Waals surface area (Å²) in [7, 11) is 0. The first kappa shape index (κ1) is 26.0. The predicted octanol–water partition coefficient (Wildman–Crippen LogP) is 3.65. The molecule has 3 N–H and O–H groups in total. The van der Waals surface area contributed by atoms with E-state index in [0.29, 0.717) is 47.3 Å². The van der Waals surface area contributed by atoms with Gasteiger partial charge in [-0.3, -0.25) is 19.3 Å². The van der Waals surface area contributed by atoms with Gasteiger partial charge < -0.3 is 15.7 Å². The molecule has 1 atom stereocenters. The first-order valence-corrected chi connectivity index (χ1v) is 13.2. The third-order valence-electron chi connectivity index (χ3n) is 7.38. The number of carbonyl (C=O) groups is 2. The Balaban J connectivity index is 1.37. The van der Waals surface area contributed by atoms with Crippen LogP contribution in [0.1, 0.15) is 53.8 Å². The molecular formula is C28H33FN6O3. The number of nitrogens with zero attached hydrogens (tertiary/aromatic N) is 4. The van der Waals surface area contributed by atoms with Gasteiger partial charge in [0.25, 0.3) is 5.91 Å². The van der Waals surface area contributed by atoms with Crippen molar-refractivity contribution in [2.45, 2.75) is 58.5 Å². The Bertz CT molecular complexity index is 1320. The van der Waals surface area contributed by atoms with E-state index in [9.17, 15) is 9.59 Å². The summed E-state index contributed by atoms with van der Waals surface area (Å²) in [5.74, 6) is -0.651. The molecule has 0 bridgehead atoms. The molecule has 10 heteroatoms. The number of anilines is 1. The maximum absolute atomic E-state index is 15.1. The van der Waals surface area contributed by atoms with E-state index in [4.69, 9.17) is 5.11 Å². The highest BCUT2D eigenvalue weighted by Gasteiger charge is 2.48. The van der Waals surface area contributed by atoms with Gasteiger partial charge in [-0.1, -0.05) is 0 Å². The van der Waals surface area contributed by atoms with Gasteiger partial charge >= 0.3 is 0 Å². The van der Waals surface area contributed by atoms with Crippen molar-refractivity contribution in [2.24, 2.45) is 17.8 Å². The van der Waals surface area contributed by atoms with E-state index in [-0.39, 0.29) is 18.3 Å². The largest absolute Gasteiger partial charge is 0.396 e. The fourth-order valence-electron chi connectivity index (χ4n) is 5.19. The molecule has 3 heterocycles. The number of aliphatic hydroxyl groups is 1. The lowest BCUT2D eigenvalue weighted by Gasteiger charge is -2.27. The highest BCUT2D eigenvalue weighted by Crippen LogP contribution is 2.51. The summed E-state index contributed by atoms with van der Waals surface area (Å²) in [6.45, 7) is 4.08. The molecule has 3 aromatic heterocycles. The minimum Gasteiger partial charge on any atom is -0.396 e. The van der Waals surface area contributed by atoms with Gasteiger partial charge in [0.2, 0.25) is 11.9 Å². The zero-order valence-electron chi connectivity index (χ0n) is 21.7. The maximum atomic E-state index is 15.1. The van der Waals surface area contributed by atoms with E-state index in [1.54, 1.807) is 24.4 Å². The van der Waals surface area contributed by atoms with Crippen LogP contribution in [0.5, 0.6) is 0 Å². The molecule has 3 aromatic rings. The number of hydrogen-bond acceptors (Lipinski definition) is 6. The minimum absolute atomic E-state index is 0.0119. The van der Waals surface area contributed by atoms with Gasteiger partial charge in [0.05, 0.1) is 0 Å². The SMILES string of the molecule is Cc1cnc(C)c(-c2ccc(NC(=O)[C@@H](NC(=O)c3ccnn3CCCO)C(C3CC3)C3CC3)nc2F)c1. The van der Waals surface area contributed by atoms with Crippen molar-refractivity contribution in [1.29, 1.82) is 0 Å². The van der Waals surface area contributed by atoms with Crippen LogP contribution in [0.15, 0.2) is 36.7 Å².